The molecule has 0 radical (unpaired) electrons. The van der Waals surface area contributed by atoms with Crippen LogP contribution in [0.1, 0.15) is 52.1 Å². The van der Waals surface area contributed by atoms with Crippen molar-refractivity contribution < 1.29 is 0 Å². The maximum atomic E-state index is 2.47. The van der Waals surface area contributed by atoms with E-state index >= 15 is 0 Å². The summed E-state index contributed by atoms with van der Waals surface area (Å²) >= 11 is 0. The standard InChI is InChI=1S/C42H32/c1-29-28-39-33(30-16-5-2-6-17-30)26-15-27-38(39)40(29)42(31-18-7-3-8-19-31,32-20-9-4-10-21-32)41-36-24-13-11-22-34(36)35-23-12-14-25-37(35)41/h2-28,40-41H,1H3. The molecule has 0 nitrogen and oxygen atoms in total. The summed E-state index contributed by atoms with van der Waals surface area (Å²) in [5, 5.41) is 0. The Labute approximate surface area is 248 Å². The van der Waals surface area contributed by atoms with Gasteiger partial charge in [0.2, 0.25) is 0 Å². The van der Waals surface area contributed by atoms with Crippen LogP contribution in [0.5, 0.6) is 0 Å². The van der Waals surface area contributed by atoms with E-state index in [9.17, 15) is 0 Å². The Bertz CT molecular complexity index is 1840. The fourth-order valence-corrected chi connectivity index (χ4v) is 8.10. The number of rotatable bonds is 5. The summed E-state index contributed by atoms with van der Waals surface area (Å²) in [6.07, 6.45) is 2.47. The predicted molar refractivity (Wildman–Crippen MR) is 176 cm³/mol. The molecule has 0 aromatic heterocycles. The molecule has 2 aliphatic carbocycles. The first-order valence-corrected chi connectivity index (χ1v) is 14.9. The quantitative estimate of drug-likeness (QED) is 0.206. The van der Waals surface area contributed by atoms with Crippen LogP contribution in [0.25, 0.3) is 28.3 Å². The predicted octanol–water partition coefficient (Wildman–Crippen LogP) is 10.7. The molecule has 0 amide bonds. The van der Waals surface area contributed by atoms with Gasteiger partial charge in [0.25, 0.3) is 0 Å². The topological polar surface area (TPSA) is 0 Å². The highest BCUT2D eigenvalue weighted by Crippen LogP contribution is 2.64. The van der Waals surface area contributed by atoms with Crippen LogP contribution in [0.3, 0.4) is 0 Å². The second-order valence-corrected chi connectivity index (χ2v) is 11.7. The van der Waals surface area contributed by atoms with Crippen molar-refractivity contribution in [3.8, 4) is 22.3 Å². The molecule has 200 valence electrons. The zero-order valence-corrected chi connectivity index (χ0v) is 23.7. The minimum atomic E-state index is -0.383. The summed E-state index contributed by atoms with van der Waals surface area (Å²) in [5.74, 6) is 0.277. The van der Waals surface area contributed by atoms with Crippen molar-refractivity contribution in [1.82, 2.24) is 0 Å². The van der Waals surface area contributed by atoms with Gasteiger partial charge in [0.15, 0.2) is 0 Å². The number of allylic oxidation sites excluding steroid dienone is 1. The molecule has 6 aromatic carbocycles. The Morgan fingerprint density at radius 3 is 1.43 bits per heavy atom. The van der Waals surface area contributed by atoms with Gasteiger partial charge < -0.3 is 0 Å². The normalized spacial score (nSPS) is 15.5. The largest absolute Gasteiger partial charge is 0.0639 e. The van der Waals surface area contributed by atoms with E-state index in [1.165, 1.54) is 61.2 Å². The molecule has 0 saturated heterocycles. The average Bonchev–Trinajstić information content (AvgIpc) is 3.58. The minimum absolute atomic E-state index is 0.134. The van der Waals surface area contributed by atoms with Gasteiger partial charge in [0.05, 0.1) is 0 Å². The highest BCUT2D eigenvalue weighted by molar-refractivity contribution is 5.85. The molecule has 0 heterocycles. The van der Waals surface area contributed by atoms with Crippen LogP contribution in [0.4, 0.5) is 0 Å². The van der Waals surface area contributed by atoms with Crippen molar-refractivity contribution in [2.75, 3.05) is 0 Å². The van der Waals surface area contributed by atoms with Gasteiger partial charge in [0, 0.05) is 17.3 Å². The third-order valence-corrected chi connectivity index (χ3v) is 9.61. The molecule has 1 unspecified atom stereocenters. The van der Waals surface area contributed by atoms with Gasteiger partial charge in [0.1, 0.15) is 0 Å². The average molecular weight is 537 g/mol. The van der Waals surface area contributed by atoms with Crippen molar-refractivity contribution in [2.45, 2.75) is 24.2 Å². The van der Waals surface area contributed by atoms with E-state index in [1.807, 2.05) is 0 Å². The molecule has 0 aliphatic heterocycles. The Hall–Kier alpha value is -4.94. The van der Waals surface area contributed by atoms with Crippen LogP contribution in [-0.2, 0) is 5.41 Å². The Kier molecular flexibility index (Phi) is 5.83. The molecule has 0 spiro atoms. The minimum Gasteiger partial charge on any atom is -0.0639 e. The third-order valence-electron chi connectivity index (χ3n) is 9.61. The second kappa shape index (κ2) is 9.86. The Morgan fingerprint density at radius 1 is 0.405 bits per heavy atom. The first-order valence-electron chi connectivity index (χ1n) is 14.9. The van der Waals surface area contributed by atoms with Crippen LogP contribution >= 0.6 is 0 Å². The monoisotopic (exact) mass is 536 g/mol. The van der Waals surface area contributed by atoms with E-state index in [0.717, 1.165) is 0 Å². The van der Waals surface area contributed by atoms with Crippen LogP contribution in [0, 0.1) is 0 Å². The van der Waals surface area contributed by atoms with Gasteiger partial charge in [-0.2, -0.15) is 0 Å². The van der Waals surface area contributed by atoms with Gasteiger partial charge in [-0.1, -0.05) is 169 Å². The van der Waals surface area contributed by atoms with Crippen LogP contribution in [0.2, 0.25) is 0 Å². The fourth-order valence-electron chi connectivity index (χ4n) is 8.10. The summed E-state index contributed by atoms with van der Waals surface area (Å²) in [6, 6.07) is 58.6. The molecular formula is C42H32. The van der Waals surface area contributed by atoms with E-state index in [-0.39, 0.29) is 17.3 Å². The molecule has 1 atom stereocenters. The molecule has 0 saturated carbocycles. The van der Waals surface area contributed by atoms with Gasteiger partial charge in [-0.15, -0.1) is 0 Å². The smallest absolute Gasteiger partial charge is 0.0418 e. The van der Waals surface area contributed by atoms with Crippen LogP contribution in [-0.4, -0.2) is 0 Å². The molecule has 0 N–H and O–H groups in total. The zero-order valence-electron chi connectivity index (χ0n) is 23.7. The third kappa shape index (κ3) is 3.55. The van der Waals surface area contributed by atoms with Crippen molar-refractivity contribution in [1.29, 1.82) is 0 Å². The lowest BCUT2D eigenvalue weighted by atomic mass is 9.54. The Balaban J connectivity index is 1.50. The fraction of sp³-hybridized carbons (Fsp3) is 0.0952. The summed E-state index contributed by atoms with van der Waals surface area (Å²) in [5.41, 5.74) is 14.6. The molecule has 6 aromatic rings. The van der Waals surface area contributed by atoms with Crippen LogP contribution in [0.15, 0.2) is 163 Å². The van der Waals surface area contributed by atoms with Gasteiger partial charge in [-0.05, 0) is 62.6 Å². The summed E-state index contributed by atoms with van der Waals surface area (Å²) in [4.78, 5) is 0. The molecule has 0 heteroatoms. The van der Waals surface area contributed by atoms with E-state index < -0.39 is 0 Å². The SMILES string of the molecule is CC1=Cc2c(-c3ccccc3)cccc2C1C(c1ccccc1)(c1ccccc1)C1c2ccccc2-c2ccccc21. The molecule has 0 bridgehead atoms. The first-order chi connectivity index (χ1) is 20.8. The van der Waals surface area contributed by atoms with E-state index in [4.69, 9.17) is 0 Å². The summed E-state index contributed by atoms with van der Waals surface area (Å²) in [7, 11) is 0. The maximum absolute atomic E-state index is 2.47. The Morgan fingerprint density at radius 2 is 0.857 bits per heavy atom. The van der Waals surface area contributed by atoms with Crippen molar-refractivity contribution >= 4 is 6.08 Å². The van der Waals surface area contributed by atoms with Crippen molar-refractivity contribution in [3.63, 3.8) is 0 Å². The van der Waals surface area contributed by atoms with Gasteiger partial charge in [-0.3, -0.25) is 0 Å². The summed E-state index contributed by atoms with van der Waals surface area (Å²) in [6.45, 7) is 2.35. The van der Waals surface area contributed by atoms with E-state index in [1.54, 1.807) is 0 Å². The molecule has 2 aliphatic rings. The summed E-state index contributed by atoms with van der Waals surface area (Å²) < 4.78 is 0. The molecule has 0 fully saturated rings. The highest BCUT2D eigenvalue weighted by Gasteiger charge is 2.54. The lowest BCUT2D eigenvalue weighted by Crippen LogP contribution is -2.41. The molecular weight excluding hydrogens is 504 g/mol. The van der Waals surface area contributed by atoms with Gasteiger partial charge in [-0.25, -0.2) is 0 Å². The lowest BCUT2D eigenvalue weighted by Gasteiger charge is -2.47. The highest BCUT2D eigenvalue weighted by atomic mass is 14.6. The number of hydrogen-bond acceptors (Lipinski definition) is 0. The molecule has 8 rings (SSSR count). The maximum Gasteiger partial charge on any atom is 0.0418 e. The number of fused-ring (bicyclic) bond motifs is 4. The molecule has 42 heavy (non-hydrogen) atoms. The number of hydrogen-bond donors (Lipinski definition) is 0. The lowest BCUT2D eigenvalue weighted by molar-refractivity contribution is 0.405. The van der Waals surface area contributed by atoms with E-state index in [0.29, 0.717) is 0 Å². The van der Waals surface area contributed by atoms with Crippen molar-refractivity contribution in [3.05, 3.63) is 197 Å². The first kappa shape index (κ1) is 24.8. The van der Waals surface area contributed by atoms with Gasteiger partial charge >= 0.3 is 0 Å². The van der Waals surface area contributed by atoms with Crippen LogP contribution < -0.4 is 0 Å². The number of benzene rings is 6. The van der Waals surface area contributed by atoms with Crippen molar-refractivity contribution in [2.24, 2.45) is 0 Å². The second-order valence-electron chi connectivity index (χ2n) is 11.7. The van der Waals surface area contributed by atoms with E-state index in [2.05, 4.69) is 171 Å². The zero-order chi connectivity index (χ0) is 28.1.